The van der Waals surface area contributed by atoms with E-state index < -0.39 is 12.0 Å². The highest BCUT2D eigenvalue weighted by atomic mass is 79.9. The molecular formula is C14H18BrNO5. The lowest BCUT2D eigenvalue weighted by Gasteiger charge is -2.33. The first kappa shape index (κ1) is 16.1. The Balaban J connectivity index is 2.26. The summed E-state index contributed by atoms with van der Waals surface area (Å²) in [7, 11) is 3.18. The Morgan fingerprint density at radius 2 is 2.14 bits per heavy atom. The van der Waals surface area contributed by atoms with Crippen LogP contribution in [0.15, 0.2) is 16.6 Å². The highest BCUT2D eigenvalue weighted by molar-refractivity contribution is 9.10. The number of aliphatic carboxylic acids is 1. The Morgan fingerprint density at radius 1 is 1.43 bits per heavy atom. The molecule has 1 aromatic rings. The average Bonchev–Trinajstić information content (AvgIpc) is 2.48. The number of methoxy groups -OCH3 is 2. The van der Waals surface area contributed by atoms with Crippen molar-refractivity contribution in [2.75, 3.05) is 34.0 Å². The molecule has 0 bridgehead atoms. The van der Waals surface area contributed by atoms with Crippen molar-refractivity contribution >= 4 is 21.9 Å². The van der Waals surface area contributed by atoms with Crippen LogP contribution in [-0.4, -0.2) is 56.0 Å². The van der Waals surface area contributed by atoms with E-state index in [1.807, 2.05) is 17.0 Å². The highest BCUT2D eigenvalue weighted by Gasteiger charge is 2.29. The van der Waals surface area contributed by atoms with Crippen LogP contribution in [0.4, 0.5) is 0 Å². The van der Waals surface area contributed by atoms with Gasteiger partial charge in [-0.1, -0.05) is 0 Å². The van der Waals surface area contributed by atoms with Crippen LogP contribution in [0.3, 0.4) is 0 Å². The van der Waals surface area contributed by atoms with Crippen molar-refractivity contribution in [2.24, 2.45) is 0 Å². The predicted octanol–water partition coefficient (Wildman–Crippen LogP) is 1.75. The molecule has 0 saturated carbocycles. The number of carbonyl (C=O) groups is 1. The van der Waals surface area contributed by atoms with Gasteiger partial charge >= 0.3 is 5.97 Å². The summed E-state index contributed by atoms with van der Waals surface area (Å²) < 4.78 is 16.7. The molecule has 1 saturated heterocycles. The van der Waals surface area contributed by atoms with Crippen LogP contribution in [0, 0.1) is 0 Å². The monoisotopic (exact) mass is 359 g/mol. The van der Waals surface area contributed by atoms with Crippen molar-refractivity contribution in [2.45, 2.75) is 12.6 Å². The molecule has 21 heavy (non-hydrogen) atoms. The third kappa shape index (κ3) is 3.66. The molecule has 6 nitrogen and oxygen atoms in total. The second-order valence-corrected chi connectivity index (χ2v) is 5.55. The van der Waals surface area contributed by atoms with Crippen molar-refractivity contribution in [1.29, 1.82) is 0 Å². The van der Waals surface area contributed by atoms with Crippen molar-refractivity contribution < 1.29 is 24.1 Å². The van der Waals surface area contributed by atoms with E-state index in [1.54, 1.807) is 14.2 Å². The normalized spacial score (nSPS) is 19.3. The zero-order chi connectivity index (χ0) is 15.4. The van der Waals surface area contributed by atoms with Crippen molar-refractivity contribution in [3.05, 3.63) is 22.2 Å². The number of ether oxygens (including phenoxy) is 3. The maximum absolute atomic E-state index is 11.3. The molecule has 1 atom stereocenters. The number of rotatable bonds is 5. The molecule has 1 fully saturated rings. The maximum atomic E-state index is 11.3. The molecule has 0 spiro atoms. The fourth-order valence-corrected chi connectivity index (χ4v) is 2.81. The first-order valence-electron chi connectivity index (χ1n) is 6.51. The fraction of sp³-hybridized carbons (Fsp3) is 0.500. The average molecular weight is 360 g/mol. The molecule has 0 radical (unpaired) electrons. The van der Waals surface area contributed by atoms with E-state index in [0.29, 0.717) is 31.2 Å². The van der Waals surface area contributed by atoms with Crippen molar-refractivity contribution in [3.63, 3.8) is 0 Å². The van der Waals surface area contributed by atoms with E-state index in [2.05, 4.69) is 15.9 Å². The molecule has 1 unspecified atom stereocenters. The number of carboxylic acid groups (broad SMARTS) is 1. The van der Waals surface area contributed by atoms with E-state index in [1.165, 1.54) is 0 Å². The minimum absolute atomic E-state index is 0.200. The van der Waals surface area contributed by atoms with Gasteiger partial charge in [0.15, 0.2) is 0 Å². The third-order valence-corrected chi connectivity index (χ3v) is 4.07. The molecule has 0 aromatic heterocycles. The van der Waals surface area contributed by atoms with Crippen LogP contribution < -0.4 is 9.47 Å². The summed E-state index contributed by atoms with van der Waals surface area (Å²) >= 11 is 3.41. The Morgan fingerprint density at radius 3 is 2.76 bits per heavy atom. The van der Waals surface area contributed by atoms with Gasteiger partial charge in [0.25, 0.3) is 0 Å². The molecule has 1 aliphatic heterocycles. The number of carboxylic acids is 1. The molecule has 1 heterocycles. The Bertz CT molecular complexity index is 522. The van der Waals surface area contributed by atoms with E-state index in [-0.39, 0.29) is 6.61 Å². The summed E-state index contributed by atoms with van der Waals surface area (Å²) in [6.07, 6.45) is 0. The lowest BCUT2D eigenvalue weighted by atomic mass is 10.1. The van der Waals surface area contributed by atoms with Crippen LogP contribution in [0.5, 0.6) is 11.5 Å². The zero-order valence-electron chi connectivity index (χ0n) is 12.0. The second-order valence-electron chi connectivity index (χ2n) is 4.70. The van der Waals surface area contributed by atoms with E-state index in [0.717, 1.165) is 10.0 Å². The summed E-state index contributed by atoms with van der Waals surface area (Å²) in [5.74, 6) is 0.502. The summed E-state index contributed by atoms with van der Waals surface area (Å²) in [5.41, 5.74) is 0.880. The van der Waals surface area contributed by atoms with Crippen LogP contribution >= 0.6 is 15.9 Å². The third-order valence-electron chi connectivity index (χ3n) is 3.45. The van der Waals surface area contributed by atoms with E-state index in [4.69, 9.17) is 14.2 Å². The maximum Gasteiger partial charge on any atom is 0.323 e. The number of halogens is 1. The molecule has 1 aromatic carbocycles. The topological polar surface area (TPSA) is 68.2 Å². The van der Waals surface area contributed by atoms with Crippen LogP contribution in [0.1, 0.15) is 5.56 Å². The number of nitrogens with zero attached hydrogens (tertiary/aromatic N) is 1. The van der Waals surface area contributed by atoms with Gasteiger partial charge in [0, 0.05) is 18.7 Å². The largest absolute Gasteiger partial charge is 0.496 e. The molecule has 1 aliphatic rings. The summed E-state index contributed by atoms with van der Waals surface area (Å²) in [4.78, 5) is 13.2. The summed E-state index contributed by atoms with van der Waals surface area (Å²) in [5, 5.41) is 9.27. The molecule has 0 aliphatic carbocycles. The highest BCUT2D eigenvalue weighted by Crippen LogP contribution is 2.33. The molecule has 7 heteroatoms. The molecular weight excluding hydrogens is 342 g/mol. The Hall–Kier alpha value is -1.31. The molecule has 1 N–H and O–H groups in total. The Labute approximate surface area is 131 Å². The molecule has 116 valence electrons. The van der Waals surface area contributed by atoms with Crippen molar-refractivity contribution in [1.82, 2.24) is 4.90 Å². The lowest BCUT2D eigenvalue weighted by molar-refractivity contribution is -0.150. The fourth-order valence-electron chi connectivity index (χ4n) is 2.32. The van der Waals surface area contributed by atoms with Crippen molar-refractivity contribution in [3.8, 4) is 11.5 Å². The van der Waals surface area contributed by atoms with Crippen LogP contribution in [0.25, 0.3) is 0 Å². The minimum Gasteiger partial charge on any atom is -0.496 e. The number of hydrogen-bond donors (Lipinski definition) is 1. The van der Waals surface area contributed by atoms with Gasteiger partial charge in [-0.2, -0.15) is 0 Å². The van der Waals surface area contributed by atoms with Crippen LogP contribution in [0.2, 0.25) is 0 Å². The quantitative estimate of drug-likeness (QED) is 0.863. The lowest BCUT2D eigenvalue weighted by Crippen LogP contribution is -2.49. The second kappa shape index (κ2) is 7.11. The first-order chi connectivity index (χ1) is 10.1. The number of morpholine rings is 1. The Kier molecular flexibility index (Phi) is 5.44. The molecule has 2 rings (SSSR count). The van der Waals surface area contributed by atoms with Gasteiger partial charge in [0.05, 0.1) is 31.9 Å². The zero-order valence-corrected chi connectivity index (χ0v) is 13.6. The number of benzene rings is 1. The smallest absolute Gasteiger partial charge is 0.323 e. The van der Waals surface area contributed by atoms with Crippen LogP contribution in [-0.2, 0) is 16.1 Å². The van der Waals surface area contributed by atoms with E-state index in [9.17, 15) is 9.90 Å². The van der Waals surface area contributed by atoms with Gasteiger partial charge in [0.1, 0.15) is 17.5 Å². The van der Waals surface area contributed by atoms with E-state index >= 15 is 0 Å². The van der Waals surface area contributed by atoms with Gasteiger partial charge < -0.3 is 19.3 Å². The molecule has 0 amide bonds. The van der Waals surface area contributed by atoms with Gasteiger partial charge in [-0.25, -0.2) is 0 Å². The standard InChI is InChI=1S/C14H18BrNO5/c1-19-12-6-10(15)13(20-2)5-9(12)7-16-3-4-21-8-11(16)14(17)18/h5-6,11H,3-4,7-8H2,1-2H3,(H,17,18). The number of hydrogen-bond acceptors (Lipinski definition) is 5. The first-order valence-corrected chi connectivity index (χ1v) is 7.31. The van der Waals surface area contributed by atoms with Gasteiger partial charge in [-0.05, 0) is 28.1 Å². The SMILES string of the molecule is COc1cc(CN2CCOCC2C(=O)O)c(OC)cc1Br. The minimum atomic E-state index is -0.877. The van der Waals surface area contributed by atoms with Gasteiger partial charge in [-0.3, -0.25) is 9.69 Å². The summed E-state index contributed by atoms with van der Waals surface area (Å²) in [6, 6.07) is 3.04. The summed E-state index contributed by atoms with van der Waals surface area (Å²) in [6.45, 7) is 1.76. The van der Waals surface area contributed by atoms with Gasteiger partial charge in [-0.15, -0.1) is 0 Å². The predicted molar refractivity (Wildman–Crippen MR) is 79.9 cm³/mol. The van der Waals surface area contributed by atoms with Gasteiger partial charge in [0.2, 0.25) is 0 Å².